The van der Waals surface area contributed by atoms with Crippen molar-refractivity contribution in [1.82, 2.24) is 4.90 Å². The third kappa shape index (κ3) is 5.83. The van der Waals surface area contributed by atoms with Gasteiger partial charge in [0, 0.05) is 17.2 Å². The summed E-state index contributed by atoms with van der Waals surface area (Å²) in [5.74, 6) is -0.952. The predicted molar refractivity (Wildman–Crippen MR) is 128 cm³/mol. The van der Waals surface area contributed by atoms with Crippen LogP contribution in [0.15, 0.2) is 81.9 Å². The number of hydrogen-bond donors (Lipinski definition) is 1. The number of nitro benzene ring substituents is 1. The van der Waals surface area contributed by atoms with Crippen molar-refractivity contribution in [1.29, 1.82) is 0 Å². The maximum Gasteiger partial charge on any atom is 0.416 e. The number of carbonyl (C=O) groups excluding carboxylic acids is 2. The predicted octanol–water partition coefficient (Wildman–Crippen LogP) is 6.97. The van der Waals surface area contributed by atoms with Gasteiger partial charge >= 0.3 is 6.18 Å². The number of aromatic hydroxyl groups is 1. The van der Waals surface area contributed by atoms with Gasteiger partial charge < -0.3 is 5.11 Å². The summed E-state index contributed by atoms with van der Waals surface area (Å²) in [6.07, 6.45) is -3.28. The second kappa shape index (κ2) is 10.2. The van der Waals surface area contributed by atoms with Crippen LogP contribution in [0.4, 0.5) is 35.0 Å². The Morgan fingerprint density at radius 1 is 1.00 bits per heavy atom. The van der Waals surface area contributed by atoms with Gasteiger partial charge in [-0.15, -0.1) is 0 Å². The highest BCUT2D eigenvalue weighted by molar-refractivity contribution is 8.18. The fraction of sp³-hybridized carbons (Fsp3) is 0.0833. The molecule has 188 valence electrons. The first-order chi connectivity index (χ1) is 17.5. The normalized spacial score (nSPS) is 15.2. The van der Waals surface area contributed by atoms with Crippen LogP contribution in [0.3, 0.4) is 0 Å². The molecule has 0 radical (unpaired) electrons. The molecule has 3 aromatic carbocycles. The van der Waals surface area contributed by atoms with E-state index in [9.17, 15) is 38.0 Å². The lowest BCUT2D eigenvalue weighted by atomic mass is 10.1. The zero-order chi connectivity index (χ0) is 26.7. The molecule has 0 spiro atoms. The Labute approximate surface area is 211 Å². The van der Waals surface area contributed by atoms with Crippen molar-refractivity contribution in [2.45, 2.75) is 12.7 Å². The number of carbonyl (C=O) groups is 2. The van der Waals surface area contributed by atoms with Gasteiger partial charge in [-0.2, -0.15) is 23.4 Å². The van der Waals surface area contributed by atoms with Gasteiger partial charge in [-0.05, 0) is 54.2 Å². The fourth-order valence-corrected chi connectivity index (χ4v) is 4.18. The fourth-order valence-electron chi connectivity index (χ4n) is 3.35. The van der Waals surface area contributed by atoms with Crippen LogP contribution in [0.25, 0.3) is 6.08 Å². The van der Waals surface area contributed by atoms with Gasteiger partial charge in [0.25, 0.3) is 16.8 Å². The Kier molecular flexibility index (Phi) is 7.07. The lowest BCUT2D eigenvalue weighted by molar-refractivity contribution is -0.385. The van der Waals surface area contributed by atoms with Crippen LogP contribution >= 0.6 is 11.8 Å². The molecule has 1 fully saturated rings. The van der Waals surface area contributed by atoms with E-state index in [0.29, 0.717) is 11.8 Å². The molecule has 1 heterocycles. The van der Waals surface area contributed by atoms with Crippen LogP contribution in [-0.4, -0.2) is 26.1 Å². The van der Waals surface area contributed by atoms with Crippen molar-refractivity contribution >= 4 is 46.0 Å². The van der Waals surface area contributed by atoms with Gasteiger partial charge in [0.05, 0.1) is 33.3 Å². The quantitative estimate of drug-likeness (QED) is 0.159. The summed E-state index contributed by atoms with van der Waals surface area (Å²) in [6.45, 7) is -0.309. The number of hydrogen-bond acceptors (Lipinski definition) is 8. The number of phenolic OH excluding ortho intramolecular Hbond substituents is 1. The summed E-state index contributed by atoms with van der Waals surface area (Å²) in [4.78, 5) is 36.8. The number of amides is 2. The van der Waals surface area contributed by atoms with Crippen molar-refractivity contribution in [2.24, 2.45) is 10.2 Å². The van der Waals surface area contributed by atoms with Crippen molar-refractivity contribution in [3.05, 3.63) is 98.4 Å². The molecule has 0 bridgehead atoms. The molecule has 2 amide bonds. The van der Waals surface area contributed by atoms with Crippen molar-refractivity contribution in [2.75, 3.05) is 0 Å². The summed E-state index contributed by atoms with van der Waals surface area (Å²) in [5.41, 5.74) is -0.706. The molecule has 0 saturated carbocycles. The number of azo groups is 1. The third-order valence-corrected chi connectivity index (χ3v) is 6.05. The maximum atomic E-state index is 12.9. The van der Waals surface area contributed by atoms with E-state index in [4.69, 9.17) is 0 Å². The van der Waals surface area contributed by atoms with E-state index in [2.05, 4.69) is 10.2 Å². The minimum atomic E-state index is -4.54. The van der Waals surface area contributed by atoms with Crippen LogP contribution in [0.1, 0.15) is 16.7 Å². The maximum absolute atomic E-state index is 12.9. The average Bonchev–Trinajstić information content (AvgIpc) is 3.11. The SMILES string of the molecule is O=C1S/C(=C\c2cc(N=Nc3cccc(C(F)(F)F)c3)ccc2O)C(=O)N1Cc1ccccc1[N+](=O)[O-]. The second-order valence-electron chi connectivity index (χ2n) is 7.64. The standard InChI is InChI=1S/C24H15F3N4O5S/c25-24(26,27)16-5-3-6-17(12-16)28-29-18-8-9-20(32)15(10-18)11-21-22(33)30(23(34)37-21)13-14-4-1-2-7-19(14)31(35)36/h1-12,32H,13H2/b21-11-,29-28?. The van der Waals surface area contributed by atoms with Gasteiger partial charge in [-0.25, -0.2) is 0 Å². The Morgan fingerprint density at radius 3 is 2.41 bits per heavy atom. The zero-order valence-electron chi connectivity index (χ0n) is 18.5. The lowest BCUT2D eigenvalue weighted by Crippen LogP contribution is -2.27. The van der Waals surface area contributed by atoms with Gasteiger partial charge in [0.2, 0.25) is 0 Å². The van der Waals surface area contributed by atoms with E-state index in [1.54, 1.807) is 6.07 Å². The van der Waals surface area contributed by atoms with E-state index < -0.39 is 27.8 Å². The van der Waals surface area contributed by atoms with E-state index in [-0.39, 0.29) is 45.4 Å². The van der Waals surface area contributed by atoms with Crippen LogP contribution in [0.2, 0.25) is 0 Å². The molecule has 0 unspecified atom stereocenters. The first kappa shape index (κ1) is 25.6. The molecule has 9 nitrogen and oxygen atoms in total. The molecule has 1 saturated heterocycles. The molecule has 0 atom stereocenters. The number of halogens is 3. The largest absolute Gasteiger partial charge is 0.507 e. The number of imide groups is 1. The molecule has 1 aliphatic heterocycles. The topological polar surface area (TPSA) is 125 Å². The number of benzene rings is 3. The first-order valence-corrected chi connectivity index (χ1v) is 11.2. The summed E-state index contributed by atoms with van der Waals surface area (Å²) in [6, 6.07) is 13.9. The number of para-hydroxylation sites is 1. The molecule has 1 aliphatic rings. The number of alkyl halides is 3. The van der Waals surface area contributed by atoms with Gasteiger partial charge in [-0.3, -0.25) is 24.6 Å². The number of phenols is 1. The van der Waals surface area contributed by atoms with E-state index in [0.717, 1.165) is 17.0 Å². The monoisotopic (exact) mass is 528 g/mol. The van der Waals surface area contributed by atoms with Gasteiger partial charge in [-0.1, -0.05) is 24.3 Å². The van der Waals surface area contributed by atoms with Crippen LogP contribution in [0, 0.1) is 10.1 Å². The molecule has 37 heavy (non-hydrogen) atoms. The van der Waals surface area contributed by atoms with Crippen molar-refractivity contribution < 1.29 is 32.8 Å². The van der Waals surface area contributed by atoms with E-state index >= 15 is 0 Å². The Balaban J connectivity index is 1.56. The van der Waals surface area contributed by atoms with Crippen LogP contribution < -0.4 is 0 Å². The minimum absolute atomic E-state index is 0.0362. The Morgan fingerprint density at radius 2 is 1.70 bits per heavy atom. The smallest absolute Gasteiger partial charge is 0.416 e. The molecular formula is C24H15F3N4O5S. The lowest BCUT2D eigenvalue weighted by Gasteiger charge is -2.12. The first-order valence-electron chi connectivity index (χ1n) is 10.4. The van der Waals surface area contributed by atoms with Gasteiger partial charge in [0.1, 0.15) is 5.75 Å². The van der Waals surface area contributed by atoms with Crippen molar-refractivity contribution in [3.63, 3.8) is 0 Å². The summed E-state index contributed by atoms with van der Waals surface area (Å²) in [5, 5.41) is 28.5. The highest BCUT2D eigenvalue weighted by atomic mass is 32.2. The average molecular weight is 528 g/mol. The van der Waals surface area contributed by atoms with Gasteiger partial charge in [0.15, 0.2) is 0 Å². The molecule has 3 aromatic rings. The molecule has 0 aliphatic carbocycles. The van der Waals surface area contributed by atoms with Crippen LogP contribution in [0.5, 0.6) is 5.75 Å². The number of thioether (sulfide) groups is 1. The summed E-state index contributed by atoms with van der Waals surface area (Å²) < 4.78 is 38.7. The molecule has 13 heteroatoms. The molecular weight excluding hydrogens is 513 g/mol. The number of rotatable bonds is 6. The van der Waals surface area contributed by atoms with E-state index in [1.165, 1.54) is 54.6 Å². The molecule has 1 N–H and O–H groups in total. The third-order valence-electron chi connectivity index (χ3n) is 5.14. The van der Waals surface area contributed by atoms with Crippen molar-refractivity contribution in [3.8, 4) is 5.75 Å². The Bertz CT molecular complexity index is 1470. The summed E-state index contributed by atoms with van der Waals surface area (Å²) in [7, 11) is 0. The second-order valence-corrected chi connectivity index (χ2v) is 8.64. The number of nitrogens with zero attached hydrogens (tertiary/aromatic N) is 4. The minimum Gasteiger partial charge on any atom is -0.507 e. The molecule has 4 rings (SSSR count). The Hall–Kier alpha value is -4.52. The van der Waals surface area contributed by atoms with Crippen LogP contribution in [-0.2, 0) is 17.5 Å². The highest BCUT2D eigenvalue weighted by Crippen LogP contribution is 2.37. The molecule has 0 aromatic heterocycles. The zero-order valence-corrected chi connectivity index (χ0v) is 19.4. The highest BCUT2D eigenvalue weighted by Gasteiger charge is 2.36. The summed E-state index contributed by atoms with van der Waals surface area (Å²) >= 11 is 0.596. The van der Waals surface area contributed by atoms with E-state index in [1.807, 2.05) is 0 Å². The number of nitro groups is 1.